The van der Waals surface area contributed by atoms with Crippen LogP contribution in [0.4, 0.5) is 0 Å². The summed E-state index contributed by atoms with van der Waals surface area (Å²) in [6.07, 6.45) is 8.50. The number of aromatic hydroxyl groups is 1. The molecular formula is C91H97N5O27. The fraction of sp³-hybridized carbons (Fsp3) is 0.407. The lowest BCUT2D eigenvalue weighted by Gasteiger charge is -2.29. The first kappa shape index (κ1) is 84.5. The van der Waals surface area contributed by atoms with Crippen molar-refractivity contribution in [1.82, 2.24) is 24.5 Å². The van der Waals surface area contributed by atoms with Gasteiger partial charge >= 0.3 is 5.97 Å². The van der Waals surface area contributed by atoms with E-state index >= 15 is 0 Å². The van der Waals surface area contributed by atoms with Crippen LogP contribution in [-0.4, -0.2) is 295 Å². The summed E-state index contributed by atoms with van der Waals surface area (Å²) < 4.78 is 108. The van der Waals surface area contributed by atoms with Gasteiger partial charge in [-0.05, 0) is 85.7 Å². The lowest BCUT2D eigenvalue weighted by molar-refractivity contribution is -0.132. The second-order valence-electron chi connectivity index (χ2n) is 30.1. The Hall–Kier alpha value is -12.1. The van der Waals surface area contributed by atoms with E-state index in [2.05, 4.69) is 4.74 Å². The summed E-state index contributed by atoms with van der Waals surface area (Å²) in [4.78, 5) is 82.5. The second-order valence-corrected chi connectivity index (χ2v) is 30.1. The molecule has 9 fully saturated rings. The molecule has 9 aromatic rings. The number of hydrogen-bond acceptors (Lipinski definition) is 27. The predicted octanol–water partition coefficient (Wildman–Crippen LogP) is 9.58. The number of phenolic OH excluding ortho intramolecular Hbond substituents is 1. The maximum atomic E-state index is 12.5. The number of carbonyl (C=O) groups is 6. The zero-order chi connectivity index (χ0) is 84.5. The van der Waals surface area contributed by atoms with Crippen LogP contribution in [0.5, 0.6) is 51.7 Å². The van der Waals surface area contributed by atoms with E-state index in [-0.39, 0.29) is 85.3 Å². The van der Waals surface area contributed by atoms with Crippen LogP contribution < -0.4 is 37.9 Å². The first-order valence-corrected chi connectivity index (χ1v) is 41.3. The number of hydrogen-bond donors (Lipinski definition) is 1. The maximum absolute atomic E-state index is 12.5. The van der Waals surface area contributed by atoms with Crippen molar-refractivity contribution in [1.29, 1.82) is 0 Å². The molecule has 32 heteroatoms. The monoisotopic (exact) mass is 1690 g/mol. The van der Waals surface area contributed by atoms with Gasteiger partial charge in [0, 0.05) is 100 Å². The first-order valence-electron chi connectivity index (χ1n) is 41.3. The molecule has 12 aliphatic heterocycles. The molecule has 6 aromatic carbocycles. The molecule has 1 N–H and O–H groups in total. The maximum Gasteiger partial charge on any atom is 0.373 e. The molecule has 5 amide bonds. The van der Waals surface area contributed by atoms with Crippen molar-refractivity contribution in [2.75, 3.05) is 205 Å². The van der Waals surface area contributed by atoms with Crippen molar-refractivity contribution in [2.24, 2.45) is 0 Å². The Kier molecular flexibility index (Phi) is 27.6. The van der Waals surface area contributed by atoms with E-state index in [1.807, 2.05) is 118 Å². The number of likely N-dealkylation sites (tertiary alicyclic amines) is 1. The van der Waals surface area contributed by atoms with Gasteiger partial charge in [-0.25, -0.2) is 4.79 Å². The Balaban J connectivity index is 0.000000109. The number of methoxy groups -OCH3 is 2. The Morgan fingerprint density at radius 1 is 0.358 bits per heavy atom. The molecule has 0 spiro atoms. The van der Waals surface area contributed by atoms with Gasteiger partial charge in [0.1, 0.15) is 105 Å². The molecule has 15 heterocycles. The summed E-state index contributed by atoms with van der Waals surface area (Å²) >= 11 is 0. The number of amides is 5. The Bertz CT molecular complexity index is 5330. The fourth-order valence-corrected chi connectivity index (χ4v) is 14.4. The molecule has 4 atom stereocenters. The zero-order valence-electron chi connectivity index (χ0n) is 68.4. The number of ether oxygens (including phenoxy) is 17. The summed E-state index contributed by atoms with van der Waals surface area (Å²) in [7, 11) is 2.93. The number of furan rings is 3. The Morgan fingerprint density at radius 3 is 1.03 bits per heavy atom. The number of nitrogens with zero attached hydrogens (tertiary/aromatic N) is 5. The predicted molar refractivity (Wildman–Crippen MR) is 443 cm³/mol. The van der Waals surface area contributed by atoms with Crippen molar-refractivity contribution in [2.45, 2.75) is 37.3 Å². The summed E-state index contributed by atoms with van der Waals surface area (Å²) in [5.41, 5.74) is 6.40. The Labute approximate surface area is 707 Å². The van der Waals surface area contributed by atoms with Crippen LogP contribution in [-0.2, 0) is 57.0 Å². The molecule has 0 radical (unpaired) electrons. The lowest BCUT2D eigenvalue weighted by atomic mass is 10.1. The summed E-state index contributed by atoms with van der Waals surface area (Å²) in [5.74, 6) is 5.81. The van der Waals surface area contributed by atoms with Crippen molar-refractivity contribution in [3.63, 3.8) is 0 Å². The molecule has 0 unspecified atom stereocenters. The second kappa shape index (κ2) is 40.2. The minimum atomic E-state index is -0.498. The summed E-state index contributed by atoms with van der Waals surface area (Å²) in [6.45, 7) is 17.2. The van der Waals surface area contributed by atoms with Gasteiger partial charge in [-0.15, -0.1) is 0 Å². The highest BCUT2D eigenvalue weighted by Crippen LogP contribution is 2.41. The van der Waals surface area contributed by atoms with Gasteiger partial charge in [-0.2, -0.15) is 0 Å². The van der Waals surface area contributed by atoms with Crippen LogP contribution >= 0.6 is 0 Å². The van der Waals surface area contributed by atoms with Gasteiger partial charge in [-0.3, -0.25) is 24.0 Å². The number of phenols is 1. The van der Waals surface area contributed by atoms with Crippen LogP contribution in [0.3, 0.4) is 0 Å². The molecule has 21 rings (SSSR count). The van der Waals surface area contributed by atoms with Crippen molar-refractivity contribution in [3.8, 4) is 51.7 Å². The number of para-hydroxylation sites is 3. The standard InChI is InChI=1S/C17H19NO5.C16H17NO5.C16H17NO4.C15H17NO4.C14H15NO4.C13H12O5/c19-17(18-4-6-20-7-5-18)13-8-12-2-1-3-15(16(12)23-9-13)22-11-14-10-21-14;18-16(17-4-6-19-7-5-17)15-8-12-13(21-10-11-9-20-11)2-1-3-14(12)22-15;18-16(17-6-1-2-7-17)15-8-12-13(20-10-11-9-19-11)4-3-5-14(12)21-15;1-18-13-4-2-3-11-9-12(10-20-14(11)13)15(17)16-5-7-19-8-6-16;16-12-3-1-2-10-8-11(9-19-13(10)12)14(17)15-4-6-18-7-5-15;1-15-13(14)12-5-9-10(17-7-8-6-16-8)3-2-4-11(9)18-12/h1-3,8,14H,4-7,9-11H2;1-3,8,11H,4-7,9-10H2;3-5,8,11H,1-2,6-7,9-10H2;2-4,9H,5-8,10H2,1H3;1-3,8,16H,4-7,9H2;2-5,8H,6-7H2,1H3/t14-;2*11-;;;8-/m000..0/s1. The molecule has 123 heavy (non-hydrogen) atoms. The molecular weight excluding hydrogens is 1600 g/mol. The van der Waals surface area contributed by atoms with Crippen LogP contribution in [0.15, 0.2) is 157 Å². The zero-order valence-corrected chi connectivity index (χ0v) is 68.4. The van der Waals surface area contributed by atoms with Crippen molar-refractivity contribution >= 4 is 86.6 Å². The average Bonchev–Trinajstić information content (AvgIpc) is 1.70. The highest BCUT2D eigenvalue weighted by atomic mass is 16.6. The van der Waals surface area contributed by atoms with Gasteiger partial charge < -0.3 is 123 Å². The molecule has 0 aliphatic carbocycles. The highest BCUT2D eigenvalue weighted by Gasteiger charge is 2.33. The average molecular weight is 1690 g/mol. The number of esters is 1. The van der Waals surface area contributed by atoms with Gasteiger partial charge in [-0.1, -0.05) is 54.6 Å². The number of fused-ring (bicyclic) bond motifs is 6. The lowest BCUT2D eigenvalue weighted by Crippen LogP contribution is -2.42. The fourth-order valence-electron chi connectivity index (χ4n) is 14.4. The topological polar surface area (TPSA) is 348 Å². The van der Waals surface area contributed by atoms with Crippen molar-refractivity contribution < 1.29 is 128 Å². The SMILES string of the molecule is COC(=O)c1cc2c(OC[C@@H]3CO3)cccc2o1.COc1cccc2c1OCC(C(=O)N1CCOCC1)=C2.O=C(C1=Cc2cccc(O)c2OC1)N1CCOCC1.O=C(C1=Cc2cccc(OC[C@@H]3CO3)c2OC1)N1CCOCC1.O=C(c1cc2c(OC[C@@H]3CO3)cccc2o1)N1CCCC1.O=C(c1cc2c(OC[C@@H]3CO3)cccc2o1)N1CCOCC1. The number of epoxide rings is 4. The molecule has 32 nitrogen and oxygen atoms in total. The smallest absolute Gasteiger partial charge is 0.373 e. The molecule has 0 saturated carbocycles. The van der Waals surface area contributed by atoms with Gasteiger partial charge in [0.05, 0.1) is 126 Å². The van der Waals surface area contributed by atoms with E-state index in [1.54, 1.807) is 59.4 Å². The first-order chi connectivity index (χ1) is 60.3. The number of carbonyl (C=O) groups excluding carboxylic acids is 6. The highest BCUT2D eigenvalue weighted by molar-refractivity contribution is 6.02. The van der Waals surface area contributed by atoms with Crippen LogP contribution in [0.2, 0.25) is 0 Å². The van der Waals surface area contributed by atoms with Crippen LogP contribution in [0, 0.1) is 0 Å². The minimum Gasteiger partial charge on any atom is -0.504 e. The normalized spacial score (nSPS) is 19.9. The molecule has 648 valence electrons. The Morgan fingerprint density at radius 2 is 0.659 bits per heavy atom. The minimum absolute atomic E-state index is 0.0164. The van der Waals surface area contributed by atoms with E-state index in [0.717, 1.165) is 96.7 Å². The number of morpholine rings is 4. The van der Waals surface area contributed by atoms with E-state index in [0.29, 0.717) is 211 Å². The quantitative estimate of drug-likeness (QED) is 0.0581. The van der Waals surface area contributed by atoms with Gasteiger partial charge in [0.2, 0.25) is 5.76 Å². The van der Waals surface area contributed by atoms with Crippen LogP contribution in [0.1, 0.15) is 61.2 Å². The van der Waals surface area contributed by atoms with E-state index in [9.17, 15) is 33.9 Å². The van der Waals surface area contributed by atoms with E-state index in [1.165, 1.54) is 7.11 Å². The third-order valence-corrected chi connectivity index (χ3v) is 21.5. The van der Waals surface area contributed by atoms with Gasteiger partial charge in [0.15, 0.2) is 46.0 Å². The van der Waals surface area contributed by atoms with Crippen molar-refractivity contribution in [3.05, 3.63) is 178 Å². The molecule has 3 aromatic heterocycles. The van der Waals surface area contributed by atoms with Crippen LogP contribution in [0.25, 0.3) is 51.1 Å². The third kappa shape index (κ3) is 21.8. The largest absolute Gasteiger partial charge is 0.504 e. The van der Waals surface area contributed by atoms with E-state index in [4.69, 9.17) is 89.0 Å². The van der Waals surface area contributed by atoms with Gasteiger partial charge in [0.25, 0.3) is 29.5 Å². The molecule has 9 saturated heterocycles. The molecule has 12 aliphatic rings. The molecule has 0 bridgehead atoms. The van der Waals surface area contributed by atoms with E-state index < -0.39 is 5.97 Å². The third-order valence-electron chi connectivity index (χ3n) is 21.5. The summed E-state index contributed by atoms with van der Waals surface area (Å²) in [6, 6.07) is 38.3. The number of rotatable bonds is 19. The summed E-state index contributed by atoms with van der Waals surface area (Å²) in [5, 5.41) is 12.1. The number of benzene rings is 6.